The minimum absolute atomic E-state index is 0.984. The van der Waals surface area contributed by atoms with E-state index in [1.165, 1.54) is 38.8 Å². The van der Waals surface area contributed by atoms with Gasteiger partial charge >= 0.3 is 0 Å². The quantitative estimate of drug-likeness (QED) is 0.318. The zero-order valence-corrected chi connectivity index (χ0v) is 16.5. The summed E-state index contributed by atoms with van der Waals surface area (Å²) >= 11 is 0. The van der Waals surface area contributed by atoms with Gasteiger partial charge in [0, 0.05) is 22.2 Å². The zero-order valence-electron chi connectivity index (χ0n) is 16.5. The van der Waals surface area contributed by atoms with Crippen LogP contribution in [0.5, 0.6) is 0 Å². The molecule has 0 radical (unpaired) electrons. The maximum atomic E-state index is 4.94. The third kappa shape index (κ3) is 2.64. The third-order valence-electron chi connectivity index (χ3n) is 5.87. The summed E-state index contributed by atoms with van der Waals surface area (Å²) < 4.78 is 0. The van der Waals surface area contributed by atoms with E-state index in [1.807, 2.05) is 0 Å². The molecule has 2 heterocycles. The molecule has 0 atom stereocenters. The molecule has 138 valence electrons. The lowest BCUT2D eigenvalue weighted by molar-refractivity contribution is 1.23. The van der Waals surface area contributed by atoms with E-state index < -0.39 is 0 Å². The highest BCUT2D eigenvalue weighted by atomic mass is 14.8. The van der Waals surface area contributed by atoms with Crippen molar-refractivity contribution in [2.45, 2.75) is 20.3 Å². The Balaban J connectivity index is 1.69. The largest absolute Gasteiger partial charge is 0.251 e. The molecule has 0 saturated carbocycles. The Hall–Kier alpha value is -3.52. The molecule has 0 amide bonds. The van der Waals surface area contributed by atoms with Gasteiger partial charge in [-0.25, -0.2) is 0 Å². The summed E-state index contributed by atoms with van der Waals surface area (Å²) in [5.74, 6) is 0. The fraction of sp³-hybridized carbons (Fsp3) is 0.111. The van der Waals surface area contributed by atoms with Gasteiger partial charge < -0.3 is 0 Å². The number of nitrogens with zero attached hydrogens (tertiary/aromatic N) is 2. The Kier molecular flexibility index (Phi) is 3.39. The van der Waals surface area contributed by atoms with Crippen LogP contribution in [0.2, 0.25) is 0 Å². The van der Waals surface area contributed by atoms with Gasteiger partial charge in [-0.05, 0) is 65.8 Å². The second-order valence-corrected chi connectivity index (χ2v) is 8.01. The van der Waals surface area contributed by atoms with Gasteiger partial charge in [-0.15, -0.1) is 0 Å². The van der Waals surface area contributed by atoms with E-state index in [1.54, 1.807) is 0 Å². The predicted octanol–water partition coefficient (Wildman–Crippen LogP) is 6.64. The van der Waals surface area contributed by atoms with Crippen molar-refractivity contribution >= 4 is 21.8 Å². The molecule has 6 rings (SSSR count). The first kappa shape index (κ1) is 16.4. The van der Waals surface area contributed by atoms with Crippen LogP contribution in [0.3, 0.4) is 0 Å². The molecular weight excluding hydrogens is 352 g/mol. The molecule has 0 unspecified atom stereocenters. The Morgan fingerprint density at radius 1 is 0.586 bits per heavy atom. The summed E-state index contributed by atoms with van der Waals surface area (Å²) in [5.41, 5.74) is 11.9. The Morgan fingerprint density at radius 2 is 1.21 bits per heavy atom. The van der Waals surface area contributed by atoms with E-state index in [4.69, 9.17) is 9.97 Å². The standard InChI is InChI=1S/C27H20N2/c1-16-12-24(18-6-4-3-5-7-18)22-10-11-23-25(20-9-8-19-14-21(19)15-20)13-17(2)29-27(23)26(22)28-16/h3-13,15H,14H2,1-2H3. The highest BCUT2D eigenvalue weighted by Gasteiger charge is 2.19. The molecule has 2 nitrogen and oxygen atoms in total. The normalized spacial score (nSPS) is 12.3. The molecule has 2 aromatic heterocycles. The molecule has 0 fully saturated rings. The van der Waals surface area contributed by atoms with Crippen molar-refractivity contribution < 1.29 is 0 Å². The molecule has 29 heavy (non-hydrogen) atoms. The van der Waals surface area contributed by atoms with E-state index in [0.29, 0.717) is 0 Å². The van der Waals surface area contributed by atoms with Crippen LogP contribution in [-0.2, 0) is 6.42 Å². The molecule has 1 aliphatic rings. The van der Waals surface area contributed by atoms with E-state index in [0.717, 1.165) is 34.2 Å². The average Bonchev–Trinajstić information content (AvgIpc) is 3.52. The van der Waals surface area contributed by atoms with Gasteiger partial charge in [-0.1, -0.05) is 60.7 Å². The van der Waals surface area contributed by atoms with Gasteiger partial charge in [0.25, 0.3) is 0 Å². The van der Waals surface area contributed by atoms with E-state index in [-0.39, 0.29) is 0 Å². The van der Waals surface area contributed by atoms with Crippen LogP contribution in [0.25, 0.3) is 44.1 Å². The first-order valence-corrected chi connectivity index (χ1v) is 10.1. The topological polar surface area (TPSA) is 25.8 Å². The summed E-state index contributed by atoms with van der Waals surface area (Å²) in [6.45, 7) is 4.14. The van der Waals surface area contributed by atoms with E-state index in [2.05, 4.69) is 86.6 Å². The Labute approximate surface area is 169 Å². The minimum Gasteiger partial charge on any atom is -0.251 e. The summed E-state index contributed by atoms with van der Waals surface area (Å²) in [6.07, 6.45) is 1.13. The highest BCUT2D eigenvalue weighted by Crippen LogP contribution is 2.38. The van der Waals surface area contributed by atoms with Crippen molar-refractivity contribution in [3.63, 3.8) is 0 Å². The number of aromatic nitrogens is 2. The van der Waals surface area contributed by atoms with Gasteiger partial charge in [0.05, 0.1) is 11.0 Å². The number of rotatable bonds is 2. The lowest BCUT2D eigenvalue weighted by Crippen LogP contribution is -1.94. The van der Waals surface area contributed by atoms with Crippen molar-refractivity contribution in [1.29, 1.82) is 0 Å². The summed E-state index contributed by atoms with van der Waals surface area (Å²) in [6, 6.07) is 26.2. The number of hydrogen-bond acceptors (Lipinski definition) is 2. The van der Waals surface area contributed by atoms with Gasteiger partial charge in [0.2, 0.25) is 0 Å². The van der Waals surface area contributed by atoms with Crippen molar-refractivity contribution in [3.8, 4) is 22.3 Å². The van der Waals surface area contributed by atoms with Crippen LogP contribution >= 0.6 is 0 Å². The molecule has 0 saturated heterocycles. The summed E-state index contributed by atoms with van der Waals surface area (Å²) in [7, 11) is 0. The average molecular weight is 372 g/mol. The molecule has 0 bridgehead atoms. The van der Waals surface area contributed by atoms with E-state index >= 15 is 0 Å². The van der Waals surface area contributed by atoms with Gasteiger partial charge in [-0.2, -0.15) is 0 Å². The molecule has 0 N–H and O–H groups in total. The fourth-order valence-corrected chi connectivity index (χ4v) is 4.39. The smallest absolute Gasteiger partial charge is 0.0974 e. The third-order valence-corrected chi connectivity index (χ3v) is 5.87. The second kappa shape index (κ2) is 5.99. The van der Waals surface area contributed by atoms with Crippen molar-refractivity contribution in [2.24, 2.45) is 0 Å². The van der Waals surface area contributed by atoms with Crippen LogP contribution in [0.1, 0.15) is 22.5 Å². The Bertz CT molecular complexity index is 1430. The molecule has 1 aliphatic carbocycles. The number of fused-ring (bicyclic) bond motifs is 4. The molecule has 0 aliphatic heterocycles. The fourth-order valence-electron chi connectivity index (χ4n) is 4.39. The second-order valence-electron chi connectivity index (χ2n) is 8.01. The van der Waals surface area contributed by atoms with Crippen LogP contribution < -0.4 is 0 Å². The highest BCUT2D eigenvalue weighted by molar-refractivity contribution is 6.12. The van der Waals surface area contributed by atoms with Crippen molar-refractivity contribution in [1.82, 2.24) is 9.97 Å². The lowest BCUT2D eigenvalue weighted by Gasteiger charge is -2.13. The minimum atomic E-state index is 0.984. The number of aryl methyl sites for hydroxylation is 2. The number of pyridine rings is 2. The van der Waals surface area contributed by atoms with Crippen LogP contribution in [0.4, 0.5) is 0 Å². The van der Waals surface area contributed by atoms with E-state index in [9.17, 15) is 0 Å². The molecular formula is C27H20N2. The van der Waals surface area contributed by atoms with Gasteiger partial charge in [0.1, 0.15) is 0 Å². The predicted molar refractivity (Wildman–Crippen MR) is 120 cm³/mol. The number of hydrogen-bond donors (Lipinski definition) is 0. The molecule has 2 heteroatoms. The van der Waals surface area contributed by atoms with Crippen LogP contribution in [-0.4, -0.2) is 9.97 Å². The molecule has 0 spiro atoms. The van der Waals surface area contributed by atoms with Crippen molar-refractivity contribution in [2.75, 3.05) is 0 Å². The van der Waals surface area contributed by atoms with Gasteiger partial charge in [-0.3, -0.25) is 9.97 Å². The first-order chi connectivity index (χ1) is 14.2. The van der Waals surface area contributed by atoms with Crippen LogP contribution in [0, 0.1) is 13.8 Å². The lowest BCUT2D eigenvalue weighted by atomic mass is 9.95. The first-order valence-electron chi connectivity index (χ1n) is 10.1. The van der Waals surface area contributed by atoms with Crippen molar-refractivity contribution in [3.05, 3.63) is 95.3 Å². The summed E-state index contributed by atoms with van der Waals surface area (Å²) in [4.78, 5) is 9.87. The number of benzene rings is 3. The molecule has 5 aromatic rings. The van der Waals surface area contributed by atoms with Crippen LogP contribution in [0.15, 0.2) is 72.8 Å². The Morgan fingerprint density at radius 3 is 1.83 bits per heavy atom. The maximum Gasteiger partial charge on any atom is 0.0974 e. The maximum absolute atomic E-state index is 4.94. The SMILES string of the molecule is Cc1cc(-c2ccccc2)c2ccc3c(-c4ccc5c(c4)C5)cc(C)nc3c2n1. The van der Waals surface area contributed by atoms with Gasteiger partial charge in [0.15, 0.2) is 0 Å². The summed E-state index contributed by atoms with van der Waals surface area (Å²) in [5, 5.41) is 2.32. The molecule has 3 aromatic carbocycles. The monoisotopic (exact) mass is 372 g/mol. The zero-order chi connectivity index (χ0) is 19.5.